The third-order valence-electron chi connectivity index (χ3n) is 3.61. The van der Waals surface area contributed by atoms with E-state index in [1.807, 2.05) is 32.3 Å². The number of amides is 1. The lowest BCUT2D eigenvalue weighted by molar-refractivity contribution is -0.121. The van der Waals surface area contributed by atoms with Crippen molar-refractivity contribution in [3.05, 3.63) is 30.1 Å². The van der Waals surface area contributed by atoms with Crippen LogP contribution < -0.4 is 10.6 Å². The van der Waals surface area contributed by atoms with Crippen LogP contribution in [0.3, 0.4) is 0 Å². The smallest absolute Gasteiger partial charge is 0.220 e. The van der Waals surface area contributed by atoms with Crippen molar-refractivity contribution < 1.29 is 4.79 Å². The summed E-state index contributed by atoms with van der Waals surface area (Å²) in [5, 5.41) is 6.00. The molecule has 2 aromatic rings. The molecule has 0 atom stereocenters. The van der Waals surface area contributed by atoms with Gasteiger partial charge in [-0.05, 0) is 38.6 Å². The minimum atomic E-state index is 0. The Bertz CT molecular complexity index is 601. The van der Waals surface area contributed by atoms with Crippen LogP contribution in [0.25, 0.3) is 11.0 Å². The molecule has 0 spiro atoms. The van der Waals surface area contributed by atoms with Gasteiger partial charge >= 0.3 is 0 Å². The minimum Gasteiger partial charge on any atom is -0.356 e. The van der Waals surface area contributed by atoms with Crippen molar-refractivity contribution in [1.82, 2.24) is 20.2 Å². The fourth-order valence-electron chi connectivity index (χ4n) is 2.41. The van der Waals surface area contributed by atoms with E-state index in [0.717, 1.165) is 42.7 Å². The number of carbonyl (C=O) groups excluding carboxylic acids is 1. The molecular weight excluding hydrogens is 335 g/mol. The highest BCUT2D eigenvalue weighted by Crippen LogP contribution is 2.14. The molecule has 1 aromatic carbocycles. The number of aromatic nitrogens is 2. The van der Waals surface area contributed by atoms with Gasteiger partial charge in [0.05, 0.1) is 11.0 Å². The molecule has 2 rings (SSSR count). The van der Waals surface area contributed by atoms with Crippen molar-refractivity contribution >= 4 is 41.8 Å². The first-order chi connectivity index (χ1) is 10.2. The second kappa shape index (κ2) is 11.3. The quantitative estimate of drug-likeness (QED) is 0.710. The molecule has 0 bridgehead atoms. The fraction of sp³-hybridized carbons (Fsp3) is 0.500. The number of rotatable bonds is 8. The van der Waals surface area contributed by atoms with Crippen LogP contribution in [0.4, 0.5) is 0 Å². The van der Waals surface area contributed by atoms with Crippen molar-refractivity contribution in [2.24, 2.45) is 7.05 Å². The standard InChI is InChI=1S/C16H24N4O.2ClH/c1-17-11-6-10-16(21)18-12-5-9-15-19-13-7-3-4-8-14(13)20(15)2;;/h3-4,7-8,17H,5-6,9-12H2,1-2H3,(H,18,21);2*1H. The summed E-state index contributed by atoms with van der Waals surface area (Å²) < 4.78 is 2.13. The average molecular weight is 361 g/mol. The number of aryl methyl sites for hydroxylation is 2. The first-order valence-corrected chi connectivity index (χ1v) is 7.54. The number of nitrogens with one attached hydrogen (secondary N) is 2. The summed E-state index contributed by atoms with van der Waals surface area (Å²) in [6.45, 7) is 1.59. The van der Waals surface area contributed by atoms with E-state index in [1.54, 1.807) is 0 Å². The van der Waals surface area contributed by atoms with Crippen LogP contribution in [0.1, 0.15) is 25.1 Å². The van der Waals surface area contributed by atoms with E-state index >= 15 is 0 Å². The number of imidazole rings is 1. The molecule has 23 heavy (non-hydrogen) atoms. The second-order valence-electron chi connectivity index (χ2n) is 5.24. The Morgan fingerprint density at radius 2 is 1.91 bits per heavy atom. The lowest BCUT2D eigenvalue weighted by Gasteiger charge is -2.05. The third kappa shape index (κ3) is 6.37. The summed E-state index contributed by atoms with van der Waals surface area (Å²) in [6.07, 6.45) is 3.26. The number of fused-ring (bicyclic) bond motifs is 1. The molecule has 1 amide bonds. The molecule has 7 heteroatoms. The molecule has 0 aliphatic carbocycles. The summed E-state index contributed by atoms with van der Waals surface area (Å²) in [4.78, 5) is 16.2. The zero-order valence-corrected chi connectivity index (χ0v) is 15.3. The van der Waals surface area contributed by atoms with E-state index in [4.69, 9.17) is 0 Å². The zero-order chi connectivity index (χ0) is 15.1. The Balaban J connectivity index is 0.00000242. The molecule has 0 aliphatic heterocycles. The van der Waals surface area contributed by atoms with E-state index in [2.05, 4.69) is 26.3 Å². The predicted molar refractivity (Wildman–Crippen MR) is 99.7 cm³/mol. The highest BCUT2D eigenvalue weighted by Gasteiger charge is 2.07. The van der Waals surface area contributed by atoms with Gasteiger partial charge in [-0.3, -0.25) is 4.79 Å². The van der Waals surface area contributed by atoms with Crippen molar-refractivity contribution in [2.45, 2.75) is 25.7 Å². The molecule has 1 aromatic heterocycles. The van der Waals surface area contributed by atoms with Crippen LogP contribution in [0.2, 0.25) is 0 Å². The summed E-state index contributed by atoms with van der Waals surface area (Å²) in [5.41, 5.74) is 2.19. The number of halogens is 2. The van der Waals surface area contributed by atoms with Gasteiger partial charge in [-0.25, -0.2) is 4.98 Å². The first-order valence-electron chi connectivity index (χ1n) is 7.54. The Morgan fingerprint density at radius 3 is 2.61 bits per heavy atom. The molecule has 1 heterocycles. The lowest BCUT2D eigenvalue weighted by Crippen LogP contribution is -2.25. The summed E-state index contributed by atoms with van der Waals surface area (Å²) in [6, 6.07) is 8.14. The maximum Gasteiger partial charge on any atom is 0.220 e. The van der Waals surface area contributed by atoms with E-state index in [-0.39, 0.29) is 30.7 Å². The maximum atomic E-state index is 11.6. The largest absolute Gasteiger partial charge is 0.356 e. The fourth-order valence-corrected chi connectivity index (χ4v) is 2.41. The molecule has 0 unspecified atom stereocenters. The van der Waals surface area contributed by atoms with Gasteiger partial charge in [-0.1, -0.05) is 12.1 Å². The first kappa shape index (κ1) is 21.7. The van der Waals surface area contributed by atoms with Crippen LogP contribution in [-0.2, 0) is 18.3 Å². The van der Waals surface area contributed by atoms with Gasteiger partial charge in [0.1, 0.15) is 5.82 Å². The predicted octanol–water partition coefficient (Wildman–Crippen LogP) is 2.47. The van der Waals surface area contributed by atoms with Crippen LogP contribution in [-0.4, -0.2) is 35.6 Å². The van der Waals surface area contributed by atoms with Gasteiger partial charge in [-0.15, -0.1) is 24.8 Å². The molecule has 0 aliphatic rings. The SMILES string of the molecule is CNCCCC(=O)NCCCc1nc2ccccc2n1C.Cl.Cl. The number of carbonyl (C=O) groups is 1. The molecule has 0 fully saturated rings. The monoisotopic (exact) mass is 360 g/mol. The lowest BCUT2D eigenvalue weighted by atomic mass is 10.2. The van der Waals surface area contributed by atoms with Gasteiger partial charge in [0.2, 0.25) is 5.91 Å². The van der Waals surface area contributed by atoms with Gasteiger partial charge in [0.25, 0.3) is 0 Å². The third-order valence-corrected chi connectivity index (χ3v) is 3.61. The summed E-state index contributed by atoms with van der Waals surface area (Å²) in [5.74, 6) is 1.20. The number of benzene rings is 1. The molecule has 2 N–H and O–H groups in total. The Hall–Kier alpha value is -1.30. The van der Waals surface area contributed by atoms with E-state index in [1.165, 1.54) is 0 Å². The van der Waals surface area contributed by atoms with Crippen LogP contribution in [0.15, 0.2) is 24.3 Å². The van der Waals surface area contributed by atoms with E-state index < -0.39 is 0 Å². The molecule has 5 nitrogen and oxygen atoms in total. The van der Waals surface area contributed by atoms with Crippen LogP contribution >= 0.6 is 24.8 Å². The Kier molecular flexibility index (Phi) is 10.6. The highest BCUT2D eigenvalue weighted by atomic mass is 35.5. The van der Waals surface area contributed by atoms with Crippen LogP contribution in [0.5, 0.6) is 0 Å². The highest BCUT2D eigenvalue weighted by molar-refractivity contribution is 5.85. The number of nitrogens with zero attached hydrogens (tertiary/aromatic N) is 2. The molecule has 0 saturated heterocycles. The number of para-hydroxylation sites is 2. The second-order valence-corrected chi connectivity index (χ2v) is 5.24. The van der Waals surface area contributed by atoms with Crippen molar-refractivity contribution in [3.63, 3.8) is 0 Å². The molecule has 0 saturated carbocycles. The Morgan fingerprint density at radius 1 is 1.17 bits per heavy atom. The van der Waals surface area contributed by atoms with Gasteiger partial charge in [0, 0.05) is 26.4 Å². The topological polar surface area (TPSA) is 59.0 Å². The normalized spacial score (nSPS) is 10.0. The molecule has 130 valence electrons. The maximum absolute atomic E-state index is 11.6. The van der Waals surface area contributed by atoms with Gasteiger partial charge < -0.3 is 15.2 Å². The minimum absolute atomic E-state index is 0. The summed E-state index contributed by atoms with van der Waals surface area (Å²) in [7, 11) is 3.94. The zero-order valence-electron chi connectivity index (χ0n) is 13.7. The van der Waals surface area contributed by atoms with Gasteiger partial charge in [0.15, 0.2) is 0 Å². The van der Waals surface area contributed by atoms with Crippen molar-refractivity contribution in [3.8, 4) is 0 Å². The average Bonchev–Trinajstić information content (AvgIpc) is 2.81. The Labute approximate surface area is 150 Å². The summed E-state index contributed by atoms with van der Waals surface area (Å²) >= 11 is 0. The number of hydrogen-bond donors (Lipinski definition) is 2. The van der Waals surface area contributed by atoms with E-state index in [9.17, 15) is 4.79 Å². The van der Waals surface area contributed by atoms with Crippen molar-refractivity contribution in [2.75, 3.05) is 20.1 Å². The van der Waals surface area contributed by atoms with Crippen LogP contribution in [0, 0.1) is 0 Å². The van der Waals surface area contributed by atoms with Gasteiger partial charge in [-0.2, -0.15) is 0 Å². The molecule has 0 radical (unpaired) electrons. The van der Waals surface area contributed by atoms with Crippen molar-refractivity contribution in [1.29, 1.82) is 0 Å². The van der Waals surface area contributed by atoms with E-state index in [0.29, 0.717) is 13.0 Å². The molecular formula is C16H26Cl2N4O. The number of hydrogen-bond acceptors (Lipinski definition) is 3.